The maximum Gasteiger partial charge on any atom is 0.335 e. The molecule has 0 saturated carbocycles. The molecule has 0 aliphatic heterocycles. The van der Waals surface area contributed by atoms with Crippen LogP contribution in [0.5, 0.6) is 17.2 Å². The standard InChI is InChI=1S/C21H25NO6/c1-26-17-12-15(13-18(27-2)20(17)28-3)6-9-19(23)22-11-10-14-4-7-16(8-5-14)21(24)25/h4-5,7-8,12-13H,6,9-11H2,1-3H3,(H,22,23)(H,24,25). The number of benzene rings is 2. The summed E-state index contributed by atoms with van der Waals surface area (Å²) in [5, 5.41) is 11.8. The molecule has 0 atom stereocenters. The highest BCUT2D eigenvalue weighted by molar-refractivity contribution is 5.87. The number of hydrogen-bond acceptors (Lipinski definition) is 5. The molecular formula is C21H25NO6. The van der Waals surface area contributed by atoms with E-state index in [0.29, 0.717) is 43.1 Å². The third kappa shape index (κ3) is 5.64. The molecule has 2 rings (SSSR count). The van der Waals surface area contributed by atoms with Crippen molar-refractivity contribution >= 4 is 11.9 Å². The number of aromatic carboxylic acids is 1. The molecule has 2 aromatic rings. The Morgan fingerprint density at radius 3 is 2.00 bits per heavy atom. The van der Waals surface area contributed by atoms with E-state index in [9.17, 15) is 9.59 Å². The number of ether oxygens (including phenoxy) is 3. The number of nitrogens with one attached hydrogen (secondary N) is 1. The van der Waals surface area contributed by atoms with Crippen molar-refractivity contribution < 1.29 is 28.9 Å². The van der Waals surface area contributed by atoms with Crippen LogP contribution in [0.25, 0.3) is 0 Å². The van der Waals surface area contributed by atoms with Crippen molar-refractivity contribution in [1.82, 2.24) is 5.32 Å². The summed E-state index contributed by atoms with van der Waals surface area (Å²) in [6, 6.07) is 10.3. The minimum atomic E-state index is -0.952. The van der Waals surface area contributed by atoms with Gasteiger partial charge in [-0.05, 0) is 48.2 Å². The second kappa shape index (κ2) is 10.2. The predicted octanol–water partition coefficient (Wildman–Crippen LogP) is 2.70. The molecule has 150 valence electrons. The normalized spacial score (nSPS) is 10.2. The fourth-order valence-electron chi connectivity index (χ4n) is 2.79. The Bertz CT molecular complexity index is 791. The molecule has 7 heteroatoms. The molecule has 0 fully saturated rings. The molecule has 1 amide bonds. The molecule has 0 aromatic heterocycles. The highest BCUT2D eigenvalue weighted by atomic mass is 16.5. The molecule has 2 aromatic carbocycles. The molecule has 0 spiro atoms. The highest BCUT2D eigenvalue weighted by Crippen LogP contribution is 2.38. The van der Waals surface area contributed by atoms with E-state index >= 15 is 0 Å². The Morgan fingerprint density at radius 2 is 1.50 bits per heavy atom. The topological polar surface area (TPSA) is 94.1 Å². The number of carbonyl (C=O) groups is 2. The molecule has 0 unspecified atom stereocenters. The quantitative estimate of drug-likeness (QED) is 0.651. The van der Waals surface area contributed by atoms with Crippen LogP contribution in [0, 0.1) is 0 Å². The summed E-state index contributed by atoms with van der Waals surface area (Å²) in [5.41, 5.74) is 2.13. The molecule has 0 saturated heterocycles. The van der Waals surface area contributed by atoms with Gasteiger partial charge in [0.05, 0.1) is 26.9 Å². The average molecular weight is 387 g/mol. The van der Waals surface area contributed by atoms with E-state index in [-0.39, 0.29) is 11.5 Å². The molecule has 0 aliphatic carbocycles. The maximum atomic E-state index is 12.1. The van der Waals surface area contributed by atoms with Gasteiger partial charge in [-0.2, -0.15) is 0 Å². The lowest BCUT2D eigenvalue weighted by Gasteiger charge is -2.14. The van der Waals surface area contributed by atoms with E-state index in [2.05, 4.69) is 5.32 Å². The molecule has 28 heavy (non-hydrogen) atoms. The number of carboxylic acids is 1. The third-order valence-electron chi connectivity index (χ3n) is 4.30. The molecule has 0 radical (unpaired) electrons. The second-order valence-electron chi connectivity index (χ2n) is 6.14. The lowest BCUT2D eigenvalue weighted by atomic mass is 10.1. The molecular weight excluding hydrogens is 362 g/mol. The number of methoxy groups -OCH3 is 3. The van der Waals surface area contributed by atoms with Gasteiger partial charge in [-0.25, -0.2) is 4.79 Å². The summed E-state index contributed by atoms with van der Waals surface area (Å²) in [6.45, 7) is 0.487. The largest absolute Gasteiger partial charge is 0.493 e. The van der Waals surface area contributed by atoms with Crippen molar-refractivity contribution in [2.45, 2.75) is 19.3 Å². The summed E-state index contributed by atoms with van der Waals surface area (Å²) in [4.78, 5) is 22.9. The van der Waals surface area contributed by atoms with E-state index in [4.69, 9.17) is 19.3 Å². The van der Waals surface area contributed by atoms with E-state index in [1.165, 1.54) is 0 Å². The first-order valence-electron chi connectivity index (χ1n) is 8.86. The van der Waals surface area contributed by atoms with Gasteiger partial charge >= 0.3 is 5.97 Å². The van der Waals surface area contributed by atoms with Gasteiger partial charge in [-0.1, -0.05) is 12.1 Å². The van der Waals surface area contributed by atoms with Crippen LogP contribution < -0.4 is 19.5 Å². The maximum absolute atomic E-state index is 12.1. The lowest BCUT2D eigenvalue weighted by molar-refractivity contribution is -0.121. The fourth-order valence-corrected chi connectivity index (χ4v) is 2.79. The highest BCUT2D eigenvalue weighted by Gasteiger charge is 2.13. The van der Waals surface area contributed by atoms with Crippen molar-refractivity contribution in [2.75, 3.05) is 27.9 Å². The first kappa shape index (κ1) is 21.1. The summed E-state index contributed by atoms with van der Waals surface area (Å²) < 4.78 is 15.9. The molecule has 0 bridgehead atoms. The van der Waals surface area contributed by atoms with Gasteiger partial charge in [-0.3, -0.25) is 4.79 Å². The molecule has 2 N–H and O–H groups in total. The van der Waals surface area contributed by atoms with E-state index in [0.717, 1.165) is 11.1 Å². The predicted molar refractivity (Wildman–Crippen MR) is 105 cm³/mol. The van der Waals surface area contributed by atoms with Crippen LogP contribution in [-0.2, 0) is 17.6 Å². The van der Waals surface area contributed by atoms with Gasteiger partial charge in [0.1, 0.15) is 0 Å². The Balaban J connectivity index is 1.84. The van der Waals surface area contributed by atoms with Crippen LogP contribution in [0.3, 0.4) is 0 Å². The number of amides is 1. The van der Waals surface area contributed by atoms with E-state index in [1.54, 1.807) is 45.6 Å². The van der Waals surface area contributed by atoms with Crippen molar-refractivity contribution in [2.24, 2.45) is 0 Å². The van der Waals surface area contributed by atoms with Crippen LogP contribution in [0.1, 0.15) is 27.9 Å². The average Bonchev–Trinajstić information content (AvgIpc) is 2.71. The summed E-state index contributed by atoms with van der Waals surface area (Å²) in [5.74, 6) is 0.624. The molecule has 7 nitrogen and oxygen atoms in total. The smallest absolute Gasteiger partial charge is 0.335 e. The second-order valence-corrected chi connectivity index (χ2v) is 6.14. The van der Waals surface area contributed by atoms with Crippen LogP contribution in [0.15, 0.2) is 36.4 Å². The fraction of sp³-hybridized carbons (Fsp3) is 0.333. The third-order valence-corrected chi connectivity index (χ3v) is 4.30. The van der Waals surface area contributed by atoms with Crippen LogP contribution in [-0.4, -0.2) is 44.9 Å². The summed E-state index contributed by atoms with van der Waals surface area (Å²) in [7, 11) is 4.65. The number of carbonyl (C=O) groups excluding carboxylic acids is 1. The molecule has 0 heterocycles. The van der Waals surface area contributed by atoms with Gasteiger partial charge in [-0.15, -0.1) is 0 Å². The van der Waals surface area contributed by atoms with Crippen molar-refractivity contribution in [3.05, 3.63) is 53.1 Å². The first-order chi connectivity index (χ1) is 13.5. The van der Waals surface area contributed by atoms with Gasteiger partial charge < -0.3 is 24.6 Å². The summed E-state index contributed by atoms with van der Waals surface area (Å²) >= 11 is 0. The van der Waals surface area contributed by atoms with Crippen LogP contribution in [0.2, 0.25) is 0 Å². The Labute approximate surface area is 164 Å². The lowest BCUT2D eigenvalue weighted by Crippen LogP contribution is -2.25. The Morgan fingerprint density at radius 1 is 0.893 bits per heavy atom. The number of hydrogen-bond donors (Lipinski definition) is 2. The van der Waals surface area contributed by atoms with Crippen molar-refractivity contribution in [1.29, 1.82) is 0 Å². The zero-order chi connectivity index (χ0) is 20.5. The van der Waals surface area contributed by atoms with Gasteiger partial charge in [0.15, 0.2) is 11.5 Å². The minimum Gasteiger partial charge on any atom is -0.493 e. The monoisotopic (exact) mass is 387 g/mol. The number of rotatable bonds is 10. The summed E-state index contributed by atoms with van der Waals surface area (Å²) in [6.07, 6.45) is 1.50. The van der Waals surface area contributed by atoms with Crippen molar-refractivity contribution in [3.8, 4) is 17.2 Å². The van der Waals surface area contributed by atoms with Crippen LogP contribution in [0.4, 0.5) is 0 Å². The first-order valence-corrected chi connectivity index (χ1v) is 8.86. The van der Waals surface area contributed by atoms with Gasteiger partial charge in [0, 0.05) is 13.0 Å². The van der Waals surface area contributed by atoms with E-state index in [1.807, 2.05) is 12.1 Å². The SMILES string of the molecule is COc1cc(CCC(=O)NCCc2ccc(C(=O)O)cc2)cc(OC)c1OC. The Kier molecular flexibility index (Phi) is 7.68. The zero-order valence-corrected chi connectivity index (χ0v) is 16.3. The minimum absolute atomic E-state index is 0.0593. The zero-order valence-electron chi connectivity index (χ0n) is 16.3. The number of carboxylic acid groups (broad SMARTS) is 1. The molecule has 0 aliphatic rings. The number of aryl methyl sites for hydroxylation is 1. The van der Waals surface area contributed by atoms with Crippen molar-refractivity contribution in [3.63, 3.8) is 0 Å². The van der Waals surface area contributed by atoms with Gasteiger partial charge in [0.2, 0.25) is 11.7 Å². The van der Waals surface area contributed by atoms with Gasteiger partial charge in [0.25, 0.3) is 0 Å². The van der Waals surface area contributed by atoms with E-state index < -0.39 is 5.97 Å². The van der Waals surface area contributed by atoms with Crippen LogP contribution >= 0.6 is 0 Å². The Hall–Kier alpha value is -3.22.